The van der Waals surface area contributed by atoms with E-state index >= 15 is 0 Å². The Balaban J connectivity index is 1.61. The Bertz CT molecular complexity index is 1480. The molecule has 2 N–H and O–H groups in total. The first-order valence-corrected chi connectivity index (χ1v) is 12.7. The second-order valence-corrected chi connectivity index (χ2v) is 10.6. The summed E-state index contributed by atoms with van der Waals surface area (Å²) in [6.45, 7) is 0.508. The lowest BCUT2D eigenvalue weighted by Gasteiger charge is -2.19. The zero-order chi connectivity index (χ0) is 25.0. The van der Waals surface area contributed by atoms with E-state index in [1.165, 1.54) is 24.5 Å². The van der Waals surface area contributed by atoms with Crippen molar-refractivity contribution in [2.45, 2.75) is 55.4 Å². The first-order valence-electron chi connectivity index (χ1n) is 11.2. The molecule has 0 amide bonds. The van der Waals surface area contributed by atoms with Crippen LogP contribution < -0.4 is 5.32 Å². The van der Waals surface area contributed by atoms with E-state index in [0.29, 0.717) is 41.5 Å². The fourth-order valence-corrected chi connectivity index (χ4v) is 6.19. The van der Waals surface area contributed by atoms with Crippen molar-refractivity contribution in [1.82, 2.24) is 23.8 Å². The van der Waals surface area contributed by atoms with E-state index in [1.54, 1.807) is 31.2 Å². The number of pyridine rings is 1. The SMILES string of the molecule is C[C@@H](O)c1nc2cnc3c(ccn3S(=O)(=O)c3ccccc3)c2n1[C@H]1CC[C@H](NCC(F)(F)F)C1. The van der Waals surface area contributed by atoms with Gasteiger partial charge < -0.3 is 15.0 Å². The van der Waals surface area contributed by atoms with Gasteiger partial charge in [0.25, 0.3) is 10.0 Å². The summed E-state index contributed by atoms with van der Waals surface area (Å²) in [5.41, 5.74) is 1.30. The van der Waals surface area contributed by atoms with Gasteiger partial charge in [-0.25, -0.2) is 22.4 Å². The number of fused-ring (bicyclic) bond motifs is 3. The Kier molecular flexibility index (Phi) is 5.85. The maximum Gasteiger partial charge on any atom is 0.401 e. The third-order valence-electron chi connectivity index (χ3n) is 6.39. The zero-order valence-corrected chi connectivity index (χ0v) is 19.6. The van der Waals surface area contributed by atoms with Gasteiger partial charge >= 0.3 is 6.18 Å². The van der Waals surface area contributed by atoms with Crippen LogP contribution in [0.1, 0.15) is 44.2 Å². The first kappa shape index (κ1) is 23.8. The highest BCUT2D eigenvalue weighted by molar-refractivity contribution is 7.90. The highest BCUT2D eigenvalue weighted by Gasteiger charge is 2.34. The lowest BCUT2D eigenvalue weighted by atomic mass is 10.2. The van der Waals surface area contributed by atoms with Gasteiger partial charge in [-0.15, -0.1) is 0 Å². The van der Waals surface area contributed by atoms with E-state index in [9.17, 15) is 26.7 Å². The van der Waals surface area contributed by atoms with E-state index in [1.807, 2.05) is 4.57 Å². The molecule has 0 aliphatic heterocycles. The highest BCUT2D eigenvalue weighted by Crippen LogP contribution is 2.38. The Morgan fingerprint density at radius 2 is 1.94 bits per heavy atom. The number of nitrogens with zero attached hydrogens (tertiary/aromatic N) is 4. The van der Waals surface area contributed by atoms with Crippen LogP contribution in [0, 0.1) is 0 Å². The number of hydrogen-bond donors (Lipinski definition) is 2. The molecule has 3 atom stereocenters. The lowest BCUT2D eigenvalue weighted by Crippen LogP contribution is -2.35. The van der Waals surface area contributed by atoms with Gasteiger partial charge in [0.15, 0.2) is 5.65 Å². The second-order valence-electron chi connectivity index (χ2n) is 8.83. The number of rotatable bonds is 6. The normalized spacial score (nSPS) is 20.1. The molecule has 0 radical (unpaired) electrons. The summed E-state index contributed by atoms with van der Waals surface area (Å²) in [7, 11) is -3.90. The van der Waals surface area contributed by atoms with Crippen LogP contribution in [0.5, 0.6) is 0 Å². The summed E-state index contributed by atoms with van der Waals surface area (Å²) in [4.78, 5) is 9.02. The van der Waals surface area contributed by atoms with Crippen LogP contribution in [-0.2, 0) is 10.0 Å². The van der Waals surface area contributed by atoms with Crippen molar-refractivity contribution >= 4 is 32.1 Å². The zero-order valence-electron chi connectivity index (χ0n) is 18.8. The molecule has 1 aromatic carbocycles. The monoisotopic (exact) mass is 507 g/mol. The average Bonchev–Trinajstić information content (AvgIpc) is 3.53. The molecule has 5 rings (SSSR count). The molecular formula is C23H24F3N5O3S. The largest absolute Gasteiger partial charge is 0.401 e. The number of hydrogen-bond acceptors (Lipinski definition) is 6. The number of aliphatic hydroxyl groups is 1. The van der Waals surface area contributed by atoms with Gasteiger partial charge in [0.2, 0.25) is 0 Å². The maximum absolute atomic E-state index is 13.3. The second kappa shape index (κ2) is 8.61. The van der Waals surface area contributed by atoms with E-state index in [-0.39, 0.29) is 22.6 Å². The van der Waals surface area contributed by atoms with Gasteiger partial charge in [-0.2, -0.15) is 13.2 Å². The van der Waals surface area contributed by atoms with E-state index in [0.717, 1.165) is 3.97 Å². The fraction of sp³-hybridized carbons (Fsp3) is 0.391. The predicted octanol–water partition coefficient (Wildman–Crippen LogP) is 3.92. The molecule has 1 aliphatic rings. The van der Waals surface area contributed by atoms with Crippen LogP contribution in [0.3, 0.4) is 0 Å². The minimum Gasteiger partial charge on any atom is -0.385 e. The number of nitrogens with one attached hydrogen (secondary N) is 1. The number of alkyl halides is 3. The number of halogens is 3. The summed E-state index contributed by atoms with van der Waals surface area (Å²) >= 11 is 0. The van der Waals surface area contributed by atoms with Gasteiger partial charge in [0, 0.05) is 23.7 Å². The molecule has 3 aromatic heterocycles. The highest BCUT2D eigenvalue weighted by atomic mass is 32.2. The Labute approximate surface area is 199 Å². The fourth-order valence-electron chi connectivity index (χ4n) is 4.87. The van der Waals surface area contributed by atoms with Crippen LogP contribution in [-0.4, -0.2) is 50.8 Å². The molecule has 186 valence electrons. The predicted molar refractivity (Wildman–Crippen MR) is 123 cm³/mol. The Morgan fingerprint density at radius 1 is 1.20 bits per heavy atom. The standard InChI is InChI=1S/C23H24F3N5O3S/c1-14(32)21-29-19-12-27-22-18(9-10-30(22)35(33,34)17-5-3-2-4-6-17)20(19)31(21)16-8-7-15(11-16)28-13-23(24,25)26/h2-6,9-10,12,14-16,28,32H,7-8,11,13H2,1H3/t14-,15+,16+/m1/s1. The number of aliphatic hydroxyl groups excluding tert-OH is 1. The quantitative estimate of drug-likeness (QED) is 0.410. The average molecular weight is 508 g/mol. The third-order valence-corrected chi connectivity index (χ3v) is 8.07. The summed E-state index contributed by atoms with van der Waals surface area (Å²) in [6, 6.07) is 9.10. The van der Waals surface area contributed by atoms with E-state index in [2.05, 4.69) is 15.3 Å². The molecule has 1 aliphatic carbocycles. The molecular weight excluding hydrogens is 483 g/mol. The minimum absolute atomic E-state index is 0.118. The van der Waals surface area contributed by atoms with Gasteiger partial charge in [-0.05, 0) is 44.4 Å². The molecule has 8 nitrogen and oxygen atoms in total. The topological polar surface area (TPSA) is 102 Å². The van der Waals surface area contributed by atoms with Crippen molar-refractivity contribution in [1.29, 1.82) is 0 Å². The Hall–Kier alpha value is -2.96. The summed E-state index contributed by atoms with van der Waals surface area (Å²) < 4.78 is 67.5. The van der Waals surface area contributed by atoms with Crippen LogP contribution in [0.15, 0.2) is 53.7 Å². The van der Waals surface area contributed by atoms with E-state index < -0.39 is 28.8 Å². The molecule has 0 unspecified atom stereocenters. The molecule has 1 fully saturated rings. The van der Waals surface area contributed by atoms with Crippen LogP contribution in [0.4, 0.5) is 13.2 Å². The minimum atomic E-state index is -4.30. The van der Waals surface area contributed by atoms with Gasteiger partial charge in [-0.1, -0.05) is 18.2 Å². The van der Waals surface area contributed by atoms with Crippen molar-refractivity contribution in [2.75, 3.05) is 6.54 Å². The smallest absolute Gasteiger partial charge is 0.385 e. The first-order chi connectivity index (χ1) is 16.6. The molecule has 1 saturated carbocycles. The molecule has 0 spiro atoms. The van der Waals surface area contributed by atoms with E-state index in [4.69, 9.17) is 0 Å². The summed E-state index contributed by atoms with van der Waals surface area (Å²) in [6.07, 6.45) is -0.782. The third kappa shape index (κ3) is 4.30. The maximum atomic E-state index is 13.3. The van der Waals surface area contributed by atoms with Crippen molar-refractivity contribution in [3.8, 4) is 0 Å². The molecule has 3 heterocycles. The number of benzene rings is 1. The molecule has 0 bridgehead atoms. The van der Waals surface area contributed by atoms with Crippen molar-refractivity contribution < 1.29 is 26.7 Å². The van der Waals surface area contributed by atoms with Crippen molar-refractivity contribution in [3.63, 3.8) is 0 Å². The van der Waals surface area contributed by atoms with Crippen LogP contribution in [0.2, 0.25) is 0 Å². The van der Waals surface area contributed by atoms with Gasteiger partial charge in [0.1, 0.15) is 17.4 Å². The van der Waals surface area contributed by atoms with Crippen molar-refractivity contribution in [2.24, 2.45) is 0 Å². The molecule has 0 saturated heterocycles. The number of aromatic nitrogens is 4. The van der Waals surface area contributed by atoms with Gasteiger partial charge in [0.05, 0.1) is 23.2 Å². The molecule has 4 aromatic rings. The lowest BCUT2D eigenvalue weighted by molar-refractivity contribution is -0.126. The summed E-state index contributed by atoms with van der Waals surface area (Å²) in [5, 5.41) is 13.5. The Morgan fingerprint density at radius 3 is 2.63 bits per heavy atom. The summed E-state index contributed by atoms with van der Waals surface area (Å²) in [5.74, 6) is 0.370. The number of imidazole rings is 1. The molecule has 12 heteroatoms. The van der Waals surface area contributed by atoms with Gasteiger partial charge in [-0.3, -0.25) is 0 Å². The molecule has 35 heavy (non-hydrogen) atoms. The van der Waals surface area contributed by atoms with Crippen LogP contribution >= 0.6 is 0 Å². The van der Waals surface area contributed by atoms with Crippen LogP contribution in [0.25, 0.3) is 22.1 Å². The van der Waals surface area contributed by atoms with Crippen molar-refractivity contribution in [3.05, 3.63) is 54.6 Å².